The van der Waals surface area contributed by atoms with Gasteiger partial charge in [0, 0.05) is 0 Å². The number of carbonyl (C=O) groups excluding carboxylic acids is 3. The molecule has 0 fully saturated rings. The Morgan fingerprint density at radius 2 is 0.444 bits per heavy atom. The minimum atomic E-state index is -0.524. The lowest BCUT2D eigenvalue weighted by atomic mass is 10.0. The zero-order chi connectivity index (χ0) is 46.0. The van der Waals surface area contributed by atoms with Crippen molar-refractivity contribution in [2.75, 3.05) is 19.8 Å². The molecule has 0 bridgehead atoms. The van der Waals surface area contributed by atoms with Crippen molar-refractivity contribution in [2.45, 2.75) is 273 Å². The molecule has 366 valence electrons. The van der Waals surface area contributed by atoms with E-state index >= 15 is 0 Å². The van der Waals surface area contributed by atoms with Gasteiger partial charge in [-0.3, -0.25) is 0 Å². The third kappa shape index (κ3) is 37.5. The van der Waals surface area contributed by atoms with E-state index in [0.29, 0.717) is 19.8 Å². The number of carbonyl (C=O) groups is 3. The molecule has 63 heavy (non-hydrogen) atoms. The van der Waals surface area contributed by atoms with Gasteiger partial charge in [0.2, 0.25) is 0 Å². The van der Waals surface area contributed by atoms with Gasteiger partial charge in [0.05, 0.1) is 36.5 Å². The molecule has 0 N–H and O–H groups in total. The highest BCUT2D eigenvalue weighted by atomic mass is 16.5. The fourth-order valence-electron chi connectivity index (χ4n) is 8.46. The molecule has 0 unspecified atom stereocenters. The molecule has 0 spiro atoms. The molecule has 6 heteroatoms. The maximum absolute atomic E-state index is 13.2. The van der Waals surface area contributed by atoms with Gasteiger partial charge < -0.3 is 14.2 Å². The summed E-state index contributed by atoms with van der Waals surface area (Å²) in [4.78, 5) is 39.7. The van der Waals surface area contributed by atoms with E-state index < -0.39 is 17.9 Å². The summed E-state index contributed by atoms with van der Waals surface area (Å²) in [5.74, 6) is 0.888. The van der Waals surface area contributed by atoms with Gasteiger partial charge in [0.15, 0.2) is 0 Å². The first kappa shape index (κ1) is 58.6. The second kappa shape index (κ2) is 42.3. The zero-order valence-corrected chi connectivity index (χ0v) is 42.5. The van der Waals surface area contributed by atoms with Gasteiger partial charge in [-0.25, -0.2) is 14.4 Å². The lowest BCUT2D eigenvalue weighted by Crippen LogP contribution is -2.14. The molecule has 0 aliphatic rings. The Labute approximate surface area is 390 Å². The standard InChI is InChI=1S/C57H102O6/c1-49(2)40-34-28-22-16-10-7-13-19-25-31-37-43-61-55(58)52-46-53(56(59)62-44-38-32-26-20-14-8-11-17-23-29-35-41-50(3)4)48-54(47-52)57(60)63-45-39-33-27-21-15-9-12-18-24-30-36-42-51(5)6/h46-51H,7-45H2,1-6H3. The molecular weight excluding hydrogens is 781 g/mol. The van der Waals surface area contributed by atoms with E-state index in [1.807, 2.05) is 0 Å². The van der Waals surface area contributed by atoms with E-state index in [1.54, 1.807) is 0 Å². The lowest BCUT2D eigenvalue weighted by Gasteiger charge is -2.11. The van der Waals surface area contributed by atoms with Gasteiger partial charge in [0.25, 0.3) is 0 Å². The molecule has 0 saturated heterocycles. The molecule has 0 aliphatic carbocycles. The zero-order valence-electron chi connectivity index (χ0n) is 42.5. The van der Waals surface area contributed by atoms with Crippen LogP contribution in [0.1, 0.15) is 304 Å². The van der Waals surface area contributed by atoms with Gasteiger partial charge in [-0.2, -0.15) is 0 Å². The van der Waals surface area contributed by atoms with Crippen LogP contribution in [-0.2, 0) is 14.2 Å². The summed E-state index contributed by atoms with van der Waals surface area (Å²) in [6, 6.07) is 4.51. The van der Waals surface area contributed by atoms with Crippen molar-refractivity contribution in [3.05, 3.63) is 34.9 Å². The Bertz CT molecular complexity index is 1060. The van der Waals surface area contributed by atoms with Crippen LogP contribution in [0.25, 0.3) is 0 Å². The van der Waals surface area contributed by atoms with Crippen LogP contribution in [-0.4, -0.2) is 37.7 Å². The molecule has 0 atom stereocenters. The predicted molar refractivity (Wildman–Crippen MR) is 268 cm³/mol. The monoisotopic (exact) mass is 883 g/mol. The maximum atomic E-state index is 13.2. The first-order valence-electron chi connectivity index (χ1n) is 27.3. The van der Waals surface area contributed by atoms with Crippen LogP contribution in [0, 0.1) is 17.8 Å². The van der Waals surface area contributed by atoms with Crippen molar-refractivity contribution >= 4 is 17.9 Å². The van der Waals surface area contributed by atoms with Gasteiger partial charge in [-0.1, -0.05) is 253 Å². The van der Waals surface area contributed by atoms with Crippen LogP contribution in [0.2, 0.25) is 0 Å². The summed E-state index contributed by atoms with van der Waals surface area (Å²) in [7, 11) is 0. The van der Waals surface area contributed by atoms with E-state index in [-0.39, 0.29) is 16.7 Å². The number of esters is 3. The summed E-state index contributed by atoms with van der Waals surface area (Å²) in [6.45, 7) is 14.8. The average molecular weight is 883 g/mol. The van der Waals surface area contributed by atoms with Crippen molar-refractivity contribution in [1.82, 2.24) is 0 Å². The highest BCUT2D eigenvalue weighted by molar-refractivity contribution is 6.00. The average Bonchev–Trinajstić information content (AvgIpc) is 3.25. The van der Waals surface area contributed by atoms with Crippen molar-refractivity contribution in [2.24, 2.45) is 17.8 Å². The van der Waals surface area contributed by atoms with E-state index in [1.165, 1.54) is 192 Å². The highest BCUT2D eigenvalue weighted by Crippen LogP contribution is 2.19. The van der Waals surface area contributed by atoms with E-state index in [4.69, 9.17) is 14.2 Å². The van der Waals surface area contributed by atoms with Crippen molar-refractivity contribution in [3.63, 3.8) is 0 Å². The molecule has 1 aromatic rings. The Balaban J connectivity index is 2.48. The third-order valence-electron chi connectivity index (χ3n) is 12.6. The molecule has 0 saturated carbocycles. The minimum absolute atomic E-state index is 0.187. The molecule has 0 aromatic heterocycles. The number of rotatable bonds is 45. The Kier molecular flexibility index (Phi) is 39.4. The first-order chi connectivity index (χ1) is 30.6. The van der Waals surface area contributed by atoms with Gasteiger partial charge in [0.1, 0.15) is 0 Å². The second-order valence-corrected chi connectivity index (χ2v) is 20.4. The summed E-state index contributed by atoms with van der Waals surface area (Å²) in [5, 5.41) is 0. The fourth-order valence-corrected chi connectivity index (χ4v) is 8.46. The SMILES string of the molecule is CC(C)CCCCCCCCCCCCCOC(=O)c1cc(C(=O)OCCCCCCCCCCCCCC(C)C)cc(C(=O)OCCCCCCCCCCCCCC(C)C)c1. The largest absolute Gasteiger partial charge is 0.462 e. The smallest absolute Gasteiger partial charge is 0.338 e. The first-order valence-corrected chi connectivity index (χ1v) is 27.3. The van der Waals surface area contributed by atoms with Gasteiger partial charge in [-0.15, -0.1) is 0 Å². The van der Waals surface area contributed by atoms with Crippen molar-refractivity contribution in [3.8, 4) is 0 Å². The van der Waals surface area contributed by atoms with Crippen LogP contribution in [0.5, 0.6) is 0 Å². The van der Waals surface area contributed by atoms with Gasteiger partial charge >= 0.3 is 17.9 Å². The van der Waals surface area contributed by atoms with Crippen molar-refractivity contribution < 1.29 is 28.6 Å². The lowest BCUT2D eigenvalue weighted by molar-refractivity contribution is 0.0494. The van der Waals surface area contributed by atoms with Crippen LogP contribution >= 0.6 is 0 Å². The van der Waals surface area contributed by atoms with Crippen LogP contribution in [0.4, 0.5) is 0 Å². The molecule has 0 radical (unpaired) electrons. The number of ether oxygens (including phenoxy) is 3. The Morgan fingerprint density at radius 1 is 0.286 bits per heavy atom. The molecule has 0 heterocycles. The van der Waals surface area contributed by atoms with E-state index in [2.05, 4.69) is 41.5 Å². The molecule has 1 rings (SSSR count). The topological polar surface area (TPSA) is 78.9 Å². The van der Waals surface area contributed by atoms with Crippen molar-refractivity contribution in [1.29, 1.82) is 0 Å². The van der Waals surface area contributed by atoms with Crippen LogP contribution in [0.15, 0.2) is 18.2 Å². The predicted octanol–water partition coefficient (Wildman–Crippen LogP) is 18.2. The second-order valence-electron chi connectivity index (χ2n) is 20.4. The minimum Gasteiger partial charge on any atom is -0.462 e. The van der Waals surface area contributed by atoms with E-state index in [9.17, 15) is 14.4 Å². The normalized spacial score (nSPS) is 11.6. The van der Waals surface area contributed by atoms with Crippen LogP contribution < -0.4 is 0 Å². The fraction of sp³-hybridized carbons (Fsp3) is 0.842. The summed E-state index contributed by atoms with van der Waals surface area (Å²) in [5.41, 5.74) is 0.560. The molecule has 0 aliphatic heterocycles. The summed E-state index contributed by atoms with van der Waals surface area (Å²) >= 11 is 0. The molecular formula is C57H102O6. The van der Waals surface area contributed by atoms with Crippen LogP contribution in [0.3, 0.4) is 0 Å². The molecule has 0 amide bonds. The van der Waals surface area contributed by atoms with E-state index in [0.717, 1.165) is 75.5 Å². The molecule has 6 nitrogen and oxygen atoms in total. The molecule has 1 aromatic carbocycles. The highest BCUT2D eigenvalue weighted by Gasteiger charge is 2.19. The summed E-state index contributed by atoms with van der Waals surface area (Å²) < 4.78 is 16.9. The number of hydrogen-bond donors (Lipinski definition) is 0. The maximum Gasteiger partial charge on any atom is 0.338 e. The Hall–Kier alpha value is -2.37. The summed E-state index contributed by atoms with van der Waals surface area (Å²) in [6.07, 6.45) is 44.7. The third-order valence-corrected chi connectivity index (χ3v) is 12.6. The number of benzene rings is 1. The number of hydrogen-bond acceptors (Lipinski definition) is 6. The number of unbranched alkanes of at least 4 members (excludes halogenated alkanes) is 30. The quantitative estimate of drug-likeness (QED) is 0.0369. The Morgan fingerprint density at radius 3 is 0.619 bits per heavy atom. The van der Waals surface area contributed by atoms with Gasteiger partial charge in [-0.05, 0) is 55.2 Å².